The van der Waals surface area contributed by atoms with Crippen LogP contribution < -0.4 is 0 Å². The lowest BCUT2D eigenvalue weighted by molar-refractivity contribution is 0.158. The highest BCUT2D eigenvalue weighted by atomic mass is 35.5. The van der Waals surface area contributed by atoms with E-state index < -0.39 is 12.1 Å². The Labute approximate surface area is 96.1 Å². The summed E-state index contributed by atoms with van der Waals surface area (Å²) in [6.07, 6.45) is -0.318. The van der Waals surface area contributed by atoms with E-state index in [1.54, 1.807) is 12.1 Å². The minimum atomic E-state index is -0.716. The van der Waals surface area contributed by atoms with Gasteiger partial charge in [-0.3, -0.25) is 0 Å². The number of rotatable bonds is 1. The number of halogens is 2. The van der Waals surface area contributed by atoms with E-state index in [-0.39, 0.29) is 0 Å². The second-order valence-electron chi connectivity index (χ2n) is 3.38. The van der Waals surface area contributed by atoms with Crippen LogP contribution in [0.4, 0.5) is 0 Å². The summed E-state index contributed by atoms with van der Waals surface area (Å²) < 4.78 is 0. The highest BCUT2D eigenvalue weighted by molar-refractivity contribution is 6.35. The molecule has 1 N–H and O–H groups in total. The summed E-state index contributed by atoms with van der Waals surface area (Å²) in [5.74, 6) is 0. The Balaban J connectivity index is 2.57. The molecule has 1 aromatic rings. The Kier molecular flexibility index (Phi) is 2.76. The van der Waals surface area contributed by atoms with E-state index in [0.29, 0.717) is 16.5 Å². The van der Waals surface area contributed by atoms with Crippen LogP contribution in [0.2, 0.25) is 10.0 Å². The molecular weight excluding hydrogens is 237 g/mol. The van der Waals surface area contributed by atoms with Gasteiger partial charge in [-0.05, 0) is 28.8 Å². The second kappa shape index (κ2) is 3.91. The average Bonchev–Trinajstić information content (AvgIpc) is 2.46. The maximum absolute atomic E-state index is 9.69. The molecule has 0 unspecified atom stereocenters. The summed E-state index contributed by atoms with van der Waals surface area (Å²) in [5, 5.41) is 14.2. The second-order valence-corrected chi connectivity index (χ2v) is 4.22. The molecule has 2 rings (SSSR count). The molecule has 0 spiro atoms. The van der Waals surface area contributed by atoms with Crippen LogP contribution in [0.1, 0.15) is 17.2 Å². The molecule has 0 radical (unpaired) electrons. The van der Waals surface area contributed by atoms with Gasteiger partial charge in [0.05, 0.1) is 12.1 Å². The lowest BCUT2D eigenvalue weighted by Gasteiger charge is -2.08. The number of hydrogen-bond donors (Lipinski definition) is 1. The van der Waals surface area contributed by atoms with Crippen LogP contribution >= 0.6 is 23.2 Å². The lowest BCUT2D eigenvalue weighted by atomic mass is 10.1. The van der Waals surface area contributed by atoms with E-state index in [1.165, 1.54) is 0 Å². The molecule has 0 fully saturated rings. The number of benzene rings is 1. The van der Waals surface area contributed by atoms with Gasteiger partial charge in [0.25, 0.3) is 0 Å². The predicted molar refractivity (Wildman–Crippen MR) is 58.1 cm³/mol. The first-order valence-electron chi connectivity index (χ1n) is 4.33. The Bertz CT molecular complexity index is 457. The van der Waals surface area contributed by atoms with Crippen molar-refractivity contribution in [3.05, 3.63) is 43.7 Å². The largest absolute Gasteiger partial charge is 0.392 e. The minimum absolute atomic E-state index is 0.398. The zero-order valence-electron chi connectivity index (χ0n) is 7.56. The standard InChI is InChI=1S/C9H7Cl2N3O/c10-4-1-6-5(7(11)2-4)3-8(15)9(6)13-14-12/h1-2,8-9,15H,3H2/t8-,9-/m1/s1. The molecule has 15 heavy (non-hydrogen) atoms. The molecule has 0 saturated carbocycles. The highest BCUT2D eigenvalue weighted by Gasteiger charge is 2.32. The Morgan fingerprint density at radius 1 is 1.47 bits per heavy atom. The maximum atomic E-state index is 9.69. The van der Waals surface area contributed by atoms with Crippen molar-refractivity contribution < 1.29 is 5.11 Å². The van der Waals surface area contributed by atoms with Crippen LogP contribution in [-0.4, -0.2) is 11.2 Å². The third-order valence-corrected chi connectivity index (χ3v) is 3.02. The molecule has 1 aliphatic rings. The molecule has 2 atom stereocenters. The minimum Gasteiger partial charge on any atom is -0.392 e. The number of fused-ring (bicyclic) bond motifs is 1. The molecule has 78 valence electrons. The zero-order chi connectivity index (χ0) is 11.0. The van der Waals surface area contributed by atoms with Crippen molar-refractivity contribution in [3.8, 4) is 0 Å². The molecule has 0 aliphatic heterocycles. The SMILES string of the molecule is [N-]=[N+]=N[C@@H]1c2cc(Cl)cc(Cl)c2C[C@H]1O. The molecule has 0 amide bonds. The van der Waals surface area contributed by atoms with Crippen molar-refractivity contribution in [2.45, 2.75) is 18.6 Å². The summed E-state index contributed by atoms with van der Waals surface area (Å²) in [6.45, 7) is 0. The lowest BCUT2D eigenvalue weighted by Crippen LogP contribution is -2.10. The Hall–Kier alpha value is -0.930. The smallest absolute Gasteiger partial charge is 0.0891 e. The van der Waals surface area contributed by atoms with Gasteiger partial charge in [-0.15, -0.1) is 0 Å². The van der Waals surface area contributed by atoms with Gasteiger partial charge in [0.2, 0.25) is 0 Å². The van der Waals surface area contributed by atoms with E-state index in [9.17, 15) is 5.11 Å². The first-order valence-corrected chi connectivity index (χ1v) is 5.09. The number of aliphatic hydroxyl groups is 1. The van der Waals surface area contributed by atoms with Gasteiger partial charge in [0.1, 0.15) is 0 Å². The number of hydrogen-bond acceptors (Lipinski definition) is 2. The molecular formula is C9H7Cl2N3O. The van der Waals surface area contributed by atoms with Gasteiger partial charge in [-0.1, -0.05) is 28.3 Å². The third-order valence-electron chi connectivity index (χ3n) is 2.47. The van der Waals surface area contributed by atoms with Crippen molar-refractivity contribution in [2.75, 3.05) is 0 Å². The van der Waals surface area contributed by atoms with Gasteiger partial charge in [0, 0.05) is 21.4 Å². The number of nitrogens with zero attached hydrogens (tertiary/aromatic N) is 3. The fourth-order valence-corrected chi connectivity index (χ4v) is 2.41. The van der Waals surface area contributed by atoms with Gasteiger partial charge in [-0.2, -0.15) is 0 Å². The molecule has 1 aromatic carbocycles. The predicted octanol–water partition coefficient (Wildman–Crippen LogP) is 3.26. The first kappa shape index (κ1) is 10.6. The van der Waals surface area contributed by atoms with Crippen LogP contribution in [0.3, 0.4) is 0 Å². The number of azide groups is 1. The van der Waals surface area contributed by atoms with Gasteiger partial charge >= 0.3 is 0 Å². The molecule has 4 nitrogen and oxygen atoms in total. The van der Waals surface area contributed by atoms with E-state index in [1.807, 2.05) is 0 Å². The number of aliphatic hydroxyl groups excluding tert-OH is 1. The van der Waals surface area contributed by atoms with E-state index >= 15 is 0 Å². The van der Waals surface area contributed by atoms with Crippen molar-refractivity contribution in [1.29, 1.82) is 0 Å². The first-order chi connectivity index (χ1) is 7.13. The van der Waals surface area contributed by atoms with Gasteiger partial charge in [0.15, 0.2) is 0 Å². The van der Waals surface area contributed by atoms with Crippen LogP contribution in [0.15, 0.2) is 17.2 Å². The average molecular weight is 244 g/mol. The normalized spacial score (nSPS) is 23.4. The summed E-state index contributed by atoms with van der Waals surface area (Å²) >= 11 is 11.8. The van der Waals surface area contributed by atoms with Crippen LogP contribution in [0, 0.1) is 0 Å². The van der Waals surface area contributed by atoms with Crippen LogP contribution in [-0.2, 0) is 6.42 Å². The summed E-state index contributed by atoms with van der Waals surface area (Å²) in [6, 6.07) is 2.71. The molecule has 0 aromatic heterocycles. The van der Waals surface area contributed by atoms with Crippen LogP contribution in [0.5, 0.6) is 0 Å². The summed E-state index contributed by atoms with van der Waals surface area (Å²) in [7, 11) is 0. The van der Waals surface area contributed by atoms with E-state index in [0.717, 1.165) is 11.1 Å². The zero-order valence-corrected chi connectivity index (χ0v) is 9.07. The van der Waals surface area contributed by atoms with Crippen LogP contribution in [0.25, 0.3) is 10.4 Å². The Morgan fingerprint density at radius 3 is 2.87 bits per heavy atom. The Morgan fingerprint density at radius 2 is 2.20 bits per heavy atom. The molecule has 6 heteroatoms. The van der Waals surface area contributed by atoms with Crippen molar-refractivity contribution in [1.82, 2.24) is 0 Å². The molecule has 0 heterocycles. The van der Waals surface area contributed by atoms with Crippen molar-refractivity contribution >= 4 is 23.2 Å². The molecule has 0 bridgehead atoms. The monoisotopic (exact) mass is 243 g/mol. The topological polar surface area (TPSA) is 69.0 Å². The highest BCUT2D eigenvalue weighted by Crippen LogP contribution is 2.40. The maximum Gasteiger partial charge on any atom is 0.0891 e. The van der Waals surface area contributed by atoms with Gasteiger partial charge in [-0.25, -0.2) is 0 Å². The molecule has 0 saturated heterocycles. The van der Waals surface area contributed by atoms with E-state index in [2.05, 4.69) is 10.0 Å². The van der Waals surface area contributed by atoms with Crippen molar-refractivity contribution in [2.24, 2.45) is 5.11 Å². The fraction of sp³-hybridized carbons (Fsp3) is 0.333. The third kappa shape index (κ3) is 1.77. The van der Waals surface area contributed by atoms with Gasteiger partial charge < -0.3 is 5.11 Å². The summed E-state index contributed by atoms with van der Waals surface area (Å²) in [4.78, 5) is 2.71. The quantitative estimate of drug-likeness (QED) is 0.459. The van der Waals surface area contributed by atoms with Crippen molar-refractivity contribution in [3.63, 3.8) is 0 Å². The van der Waals surface area contributed by atoms with E-state index in [4.69, 9.17) is 28.7 Å². The molecule has 1 aliphatic carbocycles. The fourth-order valence-electron chi connectivity index (χ4n) is 1.83. The summed E-state index contributed by atoms with van der Waals surface area (Å²) in [5.41, 5.74) is 9.92.